The quantitative estimate of drug-likeness (QED) is 0.831. The van der Waals surface area contributed by atoms with Gasteiger partial charge in [-0.2, -0.15) is 0 Å². The van der Waals surface area contributed by atoms with E-state index in [2.05, 4.69) is 25.7 Å². The Hall–Kier alpha value is -2.18. The first-order valence-electron chi connectivity index (χ1n) is 5.39. The Kier molecular flexibility index (Phi) is 2.17. The number of nitrogens with zero attached hydrogens (tertiary/aromatic N) is 3. The number of nitrogens with one attached hydrogen (secondary N) is 2. The minimum absolute atomic E-state index is 0.132. The summed E-state index contributed by atoms with van der Waals surface area (Å²) in [5.41, 5.74) is 0. The van der Waals surface area contributed by atoms with Gasteiger partial charge in [0.25, 0.3) is 5.91 Å². The van der Waals surface area contributed by atoms with Crippen molar-refractivity contribution in [2.75, 3.05) is 5.32 Å². The molecular formula is C10H11N5O2. The number of rotatable bonds is 3. The Morgan fingerprint density at radius 2 is 2.41 bits per heavy atom. The Morgan fingerprint density at radius 3 is 3.06 bits per heavy atom. The third kappa shape index (κ3) is 2.03. The van der Waals surface area contributed by atoms with Gasteiger partial charge in [0.2, 0.25) is 5.82 Å². The smallest absolute Gasteiger partial charge is 0.296 e. The summed E-state index contributed by atoms with van der Waals surface area (Å²) in [6.07, 6.45) is 2.22. The van der Waals surface area contributed by atoms with Crippen LogP contribution in [0.25, 0.3) is 0 Å². The molecule has 1 amide bonds. The van der Waals surface area contributed by atoms with E-state index in [1.165, 1.54) is 0 Å². The first-order valence-corrected chi connectivity index (χ1v) is 5.39. The molecule has 1 fully saturated rings. The maximum absolute atomic E-state index is 11.7. The molecule has 2 heterocycles. The highest BCUT2D eigenvalue weighted by Crippen LogP contribution is 2.37. The molecule has 0 saturated heterocycles. The predicted molar refractivity (Wildman–Crippen MR) is 57.6 cm³/mol. The normalized spacial score (nSPS) is 14.9. The van der Waals surface area contributed by atoms with Crippen LogP contribution in [0.1, 0.15) is 41.0 Å². The zero-order valence-electron chi connectivity index (χ0n) is 9.23. The summed E-state index contributed by atoms with van der Waals surface area (Å²) in [4.78, 5) is 15.9. The van der Waals surface area contributed by atoms with Crippen LogP contribution in [0.15, 0.2) is 10.6 Å². The molecule has 2 aromatic rings. The molecule has 17 heavy (non-hydrogen) atoms. The molecule has 0 bridgehead atoms. The number of aromatic nitrogens is 4. The van der Waals surface area contributed by atoms with E-state index in [4.69, 9.17) is 4.52 Å². The number of hydrogen-bond acceptors (Lipinski definition) is 5. The van der Waals surface area contributed by atoms with E-state index in [0.717, 1.165) is 18.7 Å². The molecule has 7 heteroatoms. The lowest BCUT2D eigenvalue weighted by atomic mass is 10.4. The third-order valence-corrected chi connectivity index (χ3v) is 2.54. The molecule has 88 valence electrons. The zero-order chi connectivity index (χ0) is 11.8. The number of carbonyl (C=O) groups excluding carboxylic acids is 1. The standard InChI is InChI=1S/C10H11N5O2/c1-5-4-7(15-17-5)11-10(16)9-12-8(13-14-9)6-2-3-6/h4,6H,2-3H2,1H3,(H,11,15,16)(H,12,13,14). The van der Waals surface area contributed by atoms with Gasteiger partial charge < -0.3 is 9.84 Å². The van der Waals surface area contributed by atoms with Crippen molar-refractivity contribution in [3.63, 3.8) is 0 Å². The van der Waals surface area contributed by atoms with Gasteiger partial charge in [-0.25, -0.2) is 4.98 Å². The number of H-pyrrole nitrogens is 1. The molecule has 0 unspecified atom stereocenters. The fourth-order valence-electron chi connectivity index (χ4n) is 1.51. The van der Waals surface area contributed by atoms with Gasteiger partial charge in [0.05, 0.1) is 0 Å². The van der Waals surface area contributed by atoms with E-state index in [-0.39, 0.29) is 11.7 Å². The number of anilines is 1. The summed E-state index contributed by atoms with van der Waals surface area (Å²) in [5.74, 6) is 1.97. The molecule has 1 aliphatic carbocycles. The van der Waals surface area contributed by atoms with E-state index in [1.54, 1.807) is 13.0 Å². The second-order valence-electron chi connectivity index (χ2n) is 4.10. The maximum atomic E-state index is 11.7. The maximum Gasteiger partial charge on any atom is 0.296 e. The van der Waals surface area contributed by atoms with Crippen LogP contribution in [0, 0.1) is 6.92 Å². The zero-order valence-corrected chi connectivity index (χ0v) is 9.23. The molecule has 0 atom stereocenters. The number of amides is 1. The van der Waals surface area contributed by atoms with Crippen molar-refractivity contribution in [2.24, 2.45) is 0 Å². The van der Waals surface area contributed by atoms with Gasteiger partial charge in [-0.1, -0.05) is 5.16 Å². The number of carbonyl (C=O) groups is 1. The van der Waals surface area contributed by atoms with E-state index in [1.807, 2.05) is 0 Å². The summed E-state index contributed by atoms with van der Waals surface area (Å²) < 4.78 is 4.84. The average molecular weight is 233 g/mol. The Bertz CT molecular complexity index is 555. The number of hydrogen-bond donors (Lipinski definition) is 2. The van der Waals surface area contributed by atoms with Crippen molar-refractivity contribution in [2.45, 2.75) is 25.7 Å². The molecule has 3 rings (SSSR count). The average Bonchev–Trinajstić information content (AvgIpc) is 2.88. The summed E-state index contributed by atoms with van der Waals surface area (Å²) >= 11 is 0. The van der Waals surface area contributed by atoms with Gasteiger partial charge in [-0.3, -0.25) is 9.89 Å². The highest BCUT2D eigenvalue weighted by atomic mass is 16.5. The van der Waals surface area contributed by atoms with Crippen LogP contribution in [0.4, 0.5) is 5.82 Å². The molecule has 0 radical (unpaired) electrons. The molecule has 7 nitrogen and oxygen atoms in total. The van der Waals surface area contributed by atoms with Crippen molar-refractivity contribution in [3.8, 4) is 0 Å². The SMILES string of the molecule is Cc1cc(NC(=O)c2n[nH]c(C3CC3)n2)no1. The van der Waals surface area contributed by atoms with Gasteiger partial charge in [0.15, 0.2) is 5.82 Å². The van der Waals surface area contributed by atoms with Crippen LogP contribution in [0.2, 0.25) is 0 Å². The Balaban J connectivity index is 1.72. The second-order valence-corrected chi connectivity index (χ2v) is 4.10. The van der Waals surface area contributed by atoms with Gasteiger partial charge in [0.1, 0.15) is 11.6 Å². The lowest BCUT2D eigenvalue weighted by Gasteiger charge is -1.94. The van der Waals surface area contributed by atoms with Crippen LogP contribution in [-0.4, -0.2) is 26.2 Å². The van der Waals surface area contributed by atoms with Gasteiger partial charge in [0, 0.05) is 12.0 Å². The molecule has 0 aliphatic heterocycles. The number of aromatic amines is 1. The van der Waals surface area contributed by atoms with Crippen LogP contribution < -0.4 is 5.32 Å². The summed E-state index contributed by atoms with van der Waals surface area (Å²) in [7, 11) is 0. The Morgan fingerprint density at radius 1 is 1.59 bits per heavy atom. The van der Waals surface area contributed by atoms with E-state index in [9.17, 15) is 4.79 Å². The molecule has 2 N–H and O–H groups in total. The summed E-state index contributed by atoms with van der Waals surface area (Å²) in [6.45, 7) is 1.75. The second kappa shape index (κ2) is 3.69. The first-order chi connectivity index (χ1) is 8.22. The van der Waals surface area contributed by atoms with Crippen molar-refractivity contribution < 1.29 is 9.32 Å². The number of aryl methyl sites for hydroxylation is 1. The molecular weight excluding hydrogens is 222 g/mol. The van der Waals surface area contributed by atoms with E-state index < -0.39 is 0 Å². The largest absolute Gasteiger partial charge is 0.360 e. The first kappa shape index (κ1) is 10.0. The highest BCUT2D eigenvalue weighted by molar-refractivity contribution is 6.00. The molecule has 1 aliphatic rings. The van der Waals surface area contributed by atoms with Crippen molar-refractivity contribution >= 4 is 11.7 Å². The minimum Gasteiger partial charge on any atom is -0.360 e. The van der Waals surface area contributed by atoms with Crippen molar-refractivity contribution in [1.29, 1.82) is 0 Å². The highest BCUT2D eigenvalue weighted by Gasteiger charge is 2.28. The van der Waals surface area contributed by atoms with E-state index in [0.29, 0.717) is 17.5 Å². The van der Waals surface area contributed by atoms with Crippen LogP contribution in [0.3, 0.4) is 0 Å². The lowest BCUT2D eigenvalue weighted by Crippen LogP contribution is -2.14. The van der Waals surface area contributed by atoms with Crippen LogP contribution in [-0.2, 0) is 0 Å². The molecule has 2 aromatic heterocycles. The fraction of sp³-hybridized carbons (Fsp3) is 0.400. The van der Waals surface area contributed by atoms with E-state index >= 15 is 0 Å². The minimum atomic E-state index is -0.388. The summed E-state index contributed by atoms with van der Waals surface area (Å²) in [5, 5.41) is 12.9. The molecule has 1 saturated carbocycles. The van der Waals surface area contributed by atoms with Crippen molar-refractivity contribution in [1.82, 2.24) is 20.3 Å². The van der Waals surface area contributed by atoms with Crippen molar-refractivity contribution in [3.05, 3.63) is 23.5 Å². The van der Waals surface area contributed by atoms with Gasteiger partial charge in [-0.15, -0.1) is 5.10 Å². The monoisotopic (exact) mass is 233 g/mol. The van der Waals surface area contributed by atoms with Crippen LogP contribution >= 0.6 is 0 Å². The lowest BCUT2D eigenvalue weighted by molar-refractivity contribution is 0.101. The van der Waals surface area contributed by atoms with Gasteiger partial charge in [-0.05, 0) is 19.8 Å². The summed E-state index contributed by atoms with van der Waals surface area (Å²) in [6, 6.07) is 1.63. The molecule has 0 aromatic carbocycles. The van der Waals surface area contributed by atoms with Crippen LogP contribution in [0.5, 0.6) is 0 Å². The fourth-order valence-corrected chi connectivity index (χ4v) is 1.51. The van der Waals surface area contributed by atoms with Gasteiger partial charge >= 0.3 is 0 Å². The Labute approximate surface area is 96.6 Å². The predicted octanol–water partition coefficient (Wildman–Crippen LogP) is 1.23. The topological polar surface area (TPSA) is 96.7 Å². The third-order valence-electron chi connectivity index (χ3n) is 2.54. The molecule has 0 spiro atoms.